The number of benzene rings is 2. The van der Waals surface area contributed by atoms with E-state index in [2.05, 4.69) is 111 Å². The minimum absolute atomic E-state index is 0.0478. The smallest absolute Gasteiger partial charge is 0.0110 e. The highest BCUT2D eigenvalue weighted by Gasteiger charge is 2.25. The Kier molecular flexibility index (Phi) is 5.30. The standard InChI is InChI=1S/C28H28/c1-22-11-10-14-24(16-15-22)26-19-25(23-12-6-5-7-13-23)20-27(21-26)28(2)17-8-3-4-9-18-28/h3-8,11-17,19-21H,9-10,18H2,1-2H3/t28-/m0/s1. The van der Waals surface area contributed by atoms with Gasteiger partial charge in [0, 0.05) is 5.41 Å². The summed E-state index contributed by atoms with van der Waals surface area (Å²) in [6, 6.07) is 17.9. The quantitative estimate of drug-likeness (QED) is 0.521. The monoisotopic (exact) mass is 364 g/mol. The summed E-state index contributed by atoms with van der Waals surface area (Å²) >= 11 is 0. The topological polar surface area (TPSA) is 0 Å². The first kappa shape index (κ1) is 18.5. The highest BCUT2D eigenvalue weighted by atomic mass is 14.3. The van der Waals surface area contributed by atoms with E-state index in [1.807, 2.05) is 0 Å². The van der Waals surface area contributed by atoms with Gasteiger partial charge in [-0.05, 0) is 60.1 Å². The summed E-state index contributed by atoms with van der Waals surface area (Å²) in [5, 5.41) is 0. The second kappa shape index (κ2) is 8.02. The number of rotatable bonds is 3. The first-order valence-corrected chi connectivity index (χ1v) is 10.2. The Morgan fingerprint density at radius 2 is 1.64 bits per heavy atom. The first-order chi connectivity index (χ1) is 13.6. The fourth-order valence-corrected chi connectivity index (χ4v) is 4.01. The van der Waals surface area contributed by atoms with Crippen molar-refractivity contribution in [3.63, 3.8) is 0 Å². The highest BCUT2D eigenvalue weighted by molar-refractivity contribution is 5.79. The van der Waals surface area contributed by atoms with Gasteiger partial charge in [0.2, 0.25) is 0 Å². The molecule has 0 aliphatic heterocycles. The van der Waals surface area contributed by atoms with Crippen molar-refractivity contribution in [2.45, 2.75) is 38.5 Å². The zero-order valence-electron chi connectivity index (χ0n) is 16.9. The van der Waals surface area contributed by atoms with Crippen molar-refractivity contribution in [1.29, 1.82) is 0 Å². The van der Waals surface area contributed by atoms with E-state index in [0.717, 1.165) is 19.3 Å². The predicted octanol–water partition coefficient (Wildman–Crippen LogP) is 7.81. The molecular formula is C28H28. The molecule has 0 bridgehead atoms. The summed E-state index contributed by atoms with van der Waals surface area (Å²) in [7, 11) is 0. The van der Waals surface area contributed by atoms with Crippen LogP contribution in [0.3, 0.4) is 0 Å². The minimum Gasteiger partial charge on any atom is -0.0845 e. The molecule has 0 fully saturated rings. The molecular weight excluding hydrogens is 336 g/mol. The molecule has 0 saturated carbocycles. The Morgan fingerprint density at radius 1 is 0.821 bits per heavy atom. The summed E-state index contributed by atoms with van der Waals surface area (Å²) in [4.78, 5) is 0. The molecule has 2 aliphatic rings. The molecule has 2 aliphatic carbocycles. The lowest BCUT2D eigenvalue weighted by molar-refractivity contribution is 0.549. The molecule has 0 heteroatoms. The van der Waals surface area contributed by atoms with Gasteiger partial charge in [-0.25, -0.2) is 0 Å². The summed E-state index contributed by atoms with van der Waals surface area (Å²) in [5.74, 6) is 0. The zero-order chi connectivity index (χ0) is 19.4. The van der Waals surface area contributed by atoms with Crippen LogP contribution in [0.4, 0.5) is 0 Å². The Hall–Kier alpha value is -2.86. The van der Waals surface area contributed by atoms with E-state index in [9.17, 15) is 0 Å². The zero-order valence-corrected chi connectivity index (χ0v) is 16.9. The number of allylic oxidation sites excluding steroid dienone is 10. The van der Waals surface area contributed by atoms with E-state index in [0.29, 0.717) is 0 Å². The van der Waals surface area contributed by atoms with Gasteiger partial charge in [-0.2, -0.15) is 0 Å². The molecule has 140 valence electrons. The normalized spacial score (nSPS) is 21.6. The molecule has 2 aromatic rings. The van der Waals surface area contributed by atoms with Crippen molar-refractivity contribution in [2.75, 3.05) is 0 Å². The van der Waals surface area contributed by atoms with Crippen LogP contribution in [0.1, 0.15) is 44.2 Å². The Labute approximate surface area is 169 Å². The minimum atomic E-state index is 0.0478. The third-order valence-corrected chi connectivity index (χ3v) is 5.88. The van der Waals surface area contributed by atoms with E-state index in [1.165, 1.54) is 33.4 Å². The molecule has 0 spiro atoms. The van der Waals surface area contributed by atoms with Crippen molar-refractivity contribution in [3.8, 4) is 11.1 Å². The van der Waals surface area contributed by atoms with Gasteiger partial charge in [0.1, 0.15) is 0 Å². The molecule has 1 atom stereocenters. The third kappa shape index (κ3) is 4.02. The molecule has 0 aromatic heterocycles. The summed E-state index contributed by atoms with van der Waals surface area (Å²) in [6.07, 6.45) is 21.4. The average Bonchev–Trinajstić information content (AvgIpc) is 3.09. The van der Waals surface area contributed by atoms with E-state index in [1.54, 1.807) is 0 Å². The van der Waals surface area contributed by atoms with Gasteiger partial charge in [0.25, 0.3) is 0 Å². The lowest BCUT2D eigenvalue weighted by atomic mass is 9.77. The predicted molar refractivity (Wildman–Crippen MR) is 122 cm³/mol. The highest BCUT2D eigenvalue weighted by Crippen LogP contribution is 2.37. The van der Waals surface area contributed by atoms with Gasteiger partial charge in [-0.15, -0.1) is 0 Å². The van der Waals surface area contributed by atoms with Gasteiger partial charge < -0.3 is 0 Å². The molecule has 0 saturated heterocycles. The Bertz CT molecular complexity index is 996. The molecule has 0 N–H and O–H groups in total. The molecule has 2 aromatic carbocycles. The van der Waals surface area contributed by atoms with E-state index >= 15 is 0 Å². The van der Waals surface area contributed by atoms with Gasteiger partial charge >= 0.3 is 0 Å². The van der Waals surface area contributed by atoms with Gasteiger partial charge in [0.15, 0.2) is 0 Å². The van der Waals surface area contributed by atoms with Crippen LogP contribution in [-0.4, -0.2) is 0 Å². The molecule has 4 rings (SSSR count). The van der Waals surface area contributed by atoms with Crippen LogP contribution in [0.15, 0.2) is 103 Å². The summed E-state index contributed by atoms with van der Waals surface area (Å²) in [5.41, 5.74) is 7.96. The van der Waals surface area contributed by atoms with Crippen molar-refractivity contribution in [1.82, 2.24) is 0 Å². The van der Waals surface area contributed by atoms with Crippen molar-refractivity contribution >= 4 is 5.57 Å². The fraction of sp³-hybridized carbons (Fsp3) is 0.214. The molecule has 28 heavy (non-hydrogen) atoms. The summed E-state index contributed by atoms with van der Waals surface area (Å²) in [6.45, 7) is 4.54. The SMILES string of the molecule is CC1=CCC=C(c2cc(-c3ccccc3)cc([C@@]3(C)C=CC=CCC3)c2)C=C1. The maximum absolute atomic E-state index is 2.40. The molecule has 0 nitrogen and oxygen atoms in total. The molecule has 0 unspecified atom stereocenters. The maximum Gasteiger partial charge on any atom is 0.0110 e. The first-order valence-electron chi connectivity index (χ1n) is 10.2. The number of hydrogen-bond donors (Lipinski definition) is 0. The Balaban J connectivity index is 1.85. The van der Waals surface area contributed by atoms with Crippen molar-refractivity contribution in [3.05, 3.63) is 114 Å². The van der Waals surface area contributed by atoms with Gasteiger partial charge in [-0.1, -0.05) is 104 Å². The van der Waals surface area contributed by atoms with Crippen molar-refractivity contribution in [2.24, 2.45) is 0 Å². The Morgan fingerprint density at radius 3 is 2.50 bits per heavy atom. The van der Waals surface area contributed by atoms with Crippen LogP contribution in [0.5, 0.6) is 0 Å². The lowest BCUT2D eigenvalue weighted by Crippen LogP contribution is -2.18. The second-order valence-corrected chi connectivity index (χ2v) is 8.09. The van der Waals surface area contributed by atoms with E-state index in [4.69, 9.17) is 0 Å². The van der Waals surface area contributed by atoms with Crippen LogP contribution >= 0.6 is 0 Å². The van der Waals surface area contributed by atoms with Gasteiger partial charge in [0.05, 0.1) is 0 Å². The average molecular weight is 365 g/mol. The van der Waals surface area contributed by atoms with Crippen LogP contribution in [-0.2, 0) is 5.41 Å². The van der Waals surface area contributed by atoms with E-state index in [-0.39, 0.29) is 5.41 Å². The molecule has 0 heterocycles. The largest absolute Gasteiger partial charge is 0.0845 e. The third-order valence-electron chi connectivity index (χ3n) is 5.88. The van der Waals surface area contributed by atoms with Crippen LogP contribution < -0.4 is 0 Å². The summed E-state index contributed by atoms with van der Waals surface area (Å²) < 4.78 is 0. The van der Waals surface area contributed by atoms with Crippen molar-refractivity contribution < 1.29 is 0 Å². The lowest BCUT2D eigenvalue weighted by Gasteiger charge is -2.27. The van der Waals surface area contributed by atoms with Crippen LogP contribution in [0.25, 0.3) is 16.7 Å². The van der Waals surface area contributed by atoms with Gasteiger partial charge in [-0.3, -0.25) is 0 Å². The van der Waals surface area contributed by atoms with E-state index < -0.39 is 0 Å². The van der Waals surface area contributed by atoms with Crippen LogP contribution in [0, 0.1) is 0 Å². The molecule has 0 radical (unpaired) electrons. The number of hydrogen-bond acceptors (Lipinski definition) is 0. The second-order valence-electron chi connectivity index (χ2n) is 8.09. The fourth-order valence-electron chi connectivity index (χ4n) is 4.01. The maximum atomic E-state index is 2.40. The molecule has 0 amide bonds. The van der Waals surface area contributed by atoms with Crippen LogP contribution in [0.2, 0.25) is 0 Å².